The van der Waals surface area contributed by atoms with Gasteiger partial charge in [-0.05, 0) is 32.2 Å². The van der Waals surface area contributed by atoms with E-state index in [4.69, 9.17) is 20.9 Å². The van der Waals surface area contributed by atoms with Crippen LogP contribution in [0.3, 0.4) is 0 Å². The number of esters is 2. The molecule has 0 aliphatic heterocycles. The zero-order valence-corrected chi connectivity index (χ0v) is 32.5. The molecular weight excluding hydrogens is 596 g/mol. The van der Waals surface area contributed by atoms with Gasteiger partial charge in [-0.15, -0.1) is 0 Å². The van der Waals surface area contributed by atoms with Crippen molar-refractivity contribution in [2.24, 2.45) is 11.5 Å². The molecule has 0 aromatic rings. The summed E-state index contributed by atoms with van der Waals surface area (Å²) in [6.07, 6.45) is 41.8. The summed E-state index contributed by atoms with van der Waals surface area (Å²) in [5.74, 6) is -2.41. The van der Waals surface area contributed by atoms with Gasteiger partial charge in [0.15, 0.2) is 0 Å². The molecular formula is C42H84N2O4. The third-order valence-corrected chi connectivity index (χ3v) is 9.77. The molecule has 0 saturated heterocycles. The highest BCUT2D eigenvalue weighted by molar-refractivity contribution is 5.71. The molecule has 286 valence electrons. The molecule has 0 radical (unpaired) electrons. The summed E-state index contributed by atoms with van der Waals surface area (Å²) in [6, 6.07) is 0. The molecule has 0 bridgehead atoms. The van der Waals surface area contributed by atoms with Crippen molar-refractivity contribution in [3.63, 3.8) is 0 Å². The fourth-order valence-electron chi connectivity index (χ4n) is 6.58. The van der Waals surface area contributed by atoms with Crippen molar-refractivity contribution in [2.45, 2.75) is 251 Å². The van der Waals surface area contributed by atoms with E-state index >= 15 is 0 Å². The summed E-state index contributed by atoms with van der Waals surface area (Å²) in [5, 5.41) is 0. The molecule has 0 amide bonds. The molecule has 0 aromatic carbocycles. The first-order chi connectivity index (χ1) is 23.5. The number of ether oxygens (including phenoxy) is 2. The molecule has 0 spiro atoms. The molecule has 0 rings (SSSR count). The zero-order valence-electron chi connectivity index (χ0n) is 32.5. The van der Waals surface area contributed by atoms with Crippen LogP contribution in [0.5, 0.6) is 0 Å². The number of nitrogens with two attached hydrogens (primary N) is 2. The Morgan fingerprint density at radius 3 is 0.917 bits per heavy atom. The van der Waals surface area contributed by atoms with Crippen LogP contribution in [-0.4, -0.2) is 24.4 Å². The molecule has 0 aliphatic carbocycles. The van der Waals surface area contributed by atoms with Gasteiger partial charge < -0.3 is 15.2 Å². The van der Waals surface area contributed by atoms with Gasteiger partial charge in [0.1, 0.15) is 0 Å². The van der Waals surface area contributed by atoms with Crippen molar-refractivity contribution in [3.8, 4) is 0 Å². The standard InChI is InChI=1S/C42H84N2O4/c1-3-5-7-9-11-13-15-17-19-21-23-25-27-29-32-36-40(45)47-42(44,38-34-31-35-39-43)48-41(46)37-33-30-28-26-24-22-20-18-16-14-12-10-8-6-4-2/h3-39,43-44H2,1-2H3. The molecule has 6 heteroatoms. The second-order valence-corrected chi connectivity index (χ2v) is 14.8. The van der Waals surface area contributed by atoms with Crippen molar-refractivity contribution < 1.29 is 19.1 Å². The lowest BCUT2D eigenvalue weighted by Crippen LogP contribution is -2.48. The molecule has 0 fully saturated rings. The fourth-order valence-corrected chi connectivity index (χ4v) is 6.58. The number of hydrogen-bond acceptors (Lipinski definition) is 6. The first-order valence-electron chi connectivity index (χ1n) is 21.4. The molecule has 0 atom stereocenters. The maximum atomic E-state index is 12.7. The van der Waals surface area contributed by atoms with Crippen molar-refractivity contribution in [3.05, 3.63) is 0 Å². The Morgan fingerprint density at radius 2 is 0.646 bits per heavy atom. The van der Waals surface area contributed by atoms with E-state index in [-0.39, 0.29) is 11.9 Å². The Labute approximate surface area is 299 Å². The fraction of sp³-hybridized carbons (Fsp3) is 0.952. The average molecular weight is 681 g/mol. The largest absolute Gasteiger partial charge is 0.409 e. The average Bonchev–Trinajstić information content (AvgIpc) is 3.06. The van der Waals surface area contributed by atoms with Crippen molar-refractivity contribution in [1.82, 2.24) is 0 Å². The molecule has 48 heavy (non-hydrogen) atoms. The van der Waals surface area contributed by atoms with Gasteiger partial charge in [-0.25, -0.2) is 0 Å². The minimum absolute atomic E-state index is 0.308. The Morgan fingerprint density at radius 1 is 0.396 bits per heavy atom. The van der Waals surface area contributed by atoms with Gasteiger partial charge in [-0.3, -0.25) is 15.3 Å². The lowest BCUT2D eigenvalue weighted by atomic mass is 10.0. The minimum Gasteiger partial charge on any atom is -0.409 e. The first-order valence-corrected chi connectivity index (χ1v) is 21.4. The van der Waals surface area contributed by atoms with E-state index in [0.29, 0.717) is 32.2 Å². The topological polar surface area (TPSA) is 105 Å². The predicted molar refractivity (Wildman–Crippen MR) is 206 cm³/mol. The number of rotatable bonds is 39. The van der Waals surface area contributed by atoms with Crippen LogP contribution in [0.25, 0.3) is 0 Å². The van der Waals surface area contributed by atoms with Crippen LogP contribution in [0.2, 0.25) is 0 Å². The van der Waals surface area contributed by atoms with Crippen LogP contribution >= 0.6 is 0 Å². The van der Waals surface area contributed by atoms with E-state index in [1.54, 1.807) is 0 Å². The SMILES string of the molecule is CCCCCCCCCCCCCCCCCC(=O)OC(N)(CCCCCN)OC(=O)CCCCCCCCCCCCCCCCC. The van der Waals surface area contributed by atoms with E-state index in [1.165, 1.54) is 154 Å². The monoisotopic (exact) mass is 681 g/mol. The van der Waals surface area contributed by atoms with Gasteiger partial charge in [0.25, 0.3) is 0 Å². The van der Waals surface area contributed by atoms with Gasteiger partial charge in [0.2, 0.25) is 0 Å². The van der Waals surface area contributed by atoms with E-state index in [1.807, 2.05) is 0 Å². The van der Waals surface area contributed by atoms with Gasteiger partial charge >= 0.3 is 17.8 Å². The predicted octanol–water partition coefficient (Wildman–Crippen LogP) is 12.7. The normalized spacial score (nSPS) is 11.7. The first kappa shape index (κ1) is 46.9. The third-order valence-electron chi connectivity index (χ3n) is 9.77. The zero-order chi connectivity index (χ0) is 35.2. The van der Waals surface area contributed by atoms with Gasteiger partial charge in [0, 0.05) is 19.3 Å². The van der Waals surface area contributed by atoms with E-state index < -0.39 is 5.91 Å². The highest BCUT2D eigenvalue weighted by Gasteiger charge is 2.33. The van der Waals surface area contributed by atoms with Crippen LogP contribution in [0, 0.1) is 0 Å². The summed E-state index contributed by atoms with van der Waals surface area (Å²) < 4.78 is 11.2. The molecule has 0 saturated carbocycles. The van der Waals surface area contributed by atoms with Crippen molar-refractivity contribution >= 4 is 11.9 Å². The Hall–Kier alpha value is -1.14. The van der Waals surface area contributed by atoms with Crippen molar-refractivity contribution in [1.29, 1.82) is 0 Å². The van der Waals surface area contributed by atoms with E-state index in [9.17, 15) is 9.59 Å². The molecule has 0 aromatic heterocycles. The van der Waals surface area contributed by atoms with E-state index in [0.717, 1.165) is 51.4 Å². The quantitative estimate of drug-likeness (QED) is 0.0380. The van der Waals surface area contributed by atoms with Crippen LogP contribution in [-0.2, 0) is 19.1 Å². The molecule has 0 heterocycles. The lowest BCUT2D eigenvalue weighted by Gasteiger charge is -2.28. The second kappa shape index (κ2) is 37.1. The summed E-state index contributed by atoms with van der Waals surface area (Å²) in [4.78, 5) is 25.3. The number of carbonyl (C=O) groups is 2. The lowest BCUT2D eigenvalue weighted by molar-refractivity contribution is -0.230. The van der Waals surface area contributed by atoms with Crippen LogP contribution in [0.1, 0.15) is 245 Å². The summed E-state index contributed by atoms with van der Waals surface area (Å²) in [6.45, 7) is 5.15. The molecule has 4 N–H and O–H groups in total. The Bertz CT molecular complexity index is 639. The van der Waals surface area contributed by atoms with Gasteiger partial charge in [0.05, 0.1) is 0 Å². The summed E-state index contributed by atoms with van der Waals surface area (Å²) in [5.41, 5.74) is 12.0. The molecule has 6 nitrogen and oxygen atoms in total. The van der Waals surface area contributed by atoms with Crippen LogP contribution in [0.4, 0.5) is 0 Å². The van der Waals surface area contributed by atoms with Gasteiger partial charge in [-0.1, -0.05) is 200 Å². The maximum absolute atomic E-state index is 12.7. The number of hydrogen-bond donors (Lipinski definition) is 2. The minimum atomic E-state index is -1.67. The summed E-state index contributed by atoms with van der Waals surface area (Å²) in [7, 11) is 0. The Balaban J connectivity index is 4.00. The maximum Gasteiger partial charge on any atom is 0.315 e. The highest BCUT2D eigenvalue weighted by Crippen LogP contribution is 2.21. The third kappa shape index (κ3) is 34.7. The second-order valence-electron chi connectivity index (χ2n) is 14.8. The van der Waals surface area contributed by atoms with E-state index in [2.05, 4.69) is 13.8 Å². The molecule has 0 aliphatic rings. The highest BCUT2D eigenvalue weighted by atomic mass is 16.7. The summed E-state index contributed by atoms with van der Waals surface area (Å²) >= 11 is 0. The Kier molecular flexibility index (Phi) is 36.2. The van der Waals surface area contributed by atoms with Crippen molar-refractivity contribution in [2.75, 3.05) is 6.54 Å². The number of carbonyl (C=O) groups excluding carboxylic acids is 2. The molecule has 0 unspecified atom stereocenters. The van der Waals surface area contributed by atoms with Gasteiger partial charge in [-0.2, -0.15) is 0 Å². The smallest absolute Gasteiger partial charge is 0.315 e. The van der Waals surface area contributed by atoms with Crippen LogP contribution < -0.4 is 11.5 Å². The number of unbranched alkanes of at least 4 members (excludes halogenated alkanes) is 30. The van der Waals surface area contributed by atoms with Crippen LogP contribution in [0.15, 0.2) is 0 Å².